The third-order valence-electron chi connectivity index (χ3n) is 4.32. The number of benzene rings is 1. The van der Waals surface area contributed by atoms with Gasteiger partial charge in [-0.1, -0.05) is 18.6 Å². The van der Waals surface area contributed by atoms with Crippen molar-refractivity contribution in [3.63, 3.8) is 0 Å². The van der Waals surface area contributed by atoms with Crippen molar-refractivity contribution in [2.75, 3.05) is 28.6 Å². The number of urea groups is 1. The molecule has 3 rings (SSSR count). The number of hydrogen-bond donors (Lipinski definition) is 3. The third kappa shape index (κ3) is 5.29. The standard InChI is InChI=1S/C20H23N5O3/c26-18(23-15-7-6-11-21-13-15)10-2-1-5-12-22-20(28)25-14-19(27)24-16-8-3-4-9-17(16)25/h3-4,6-9,11,13H,1-2,5,10,12,14H2,(H,22,28)(H,23,26)(H,24,27). The number of hydrogen-bond acceptors (Lipinski definition) is 4. The van der Waals surface area contributed by atoms with E-state index in [0.29, 0.717) is 30.0 Å². The van der Waals surface area contributed by atoms with E-state index in [1.165, 1.54) is 4.90 Å². The molecule has 8 heteroatoms. The molecule has 28 heavy (non-hydrogen) atoms. The van der Waals surface area contributed by atoms with E-state index in [0.717, 1.165) is 19.3 Å². The summed E-state index contributed by atoms with van der Waals surface area (Å²) in [5, 5.41) is 8.39. The molecular weight excluding hydrogens is 358 g/mol. The predicted octanol–water partition coefficient (Wildman–Crippen LogP) is 2.75. The summed E-state index contributed by atoms with van der Waals surface area (Å²) in [4.78, 5) is 41.4. The molecule has 0 saturated heterocycles. The fourth-order valence-electron chi connectivity index (χ4n) is 2.95. The van der Waals surface area contributed by atoms with Crippen LogP contribution in [0, 0.1) is 0 Å². The molecule has 0 bridgehead atoms. The van der Waals surface area contributed by atoms with Gasteiger partial charge in [-0.3, -0.25) is 19.5 Å². The molecule has 1 aromatic carbocycles. The van der Waals surface area contributed by atoms with Crippen LogP contribution in [0.5, 0.6) is 0 Å². The van der Waals surface area contributed by atoms with Crippen molar-refractivity contribution in [1.29, 1.82) is 0 Å². The van der Waals surface area contributed by atoms with E-state index in [1.54, 1.807) is 36.7 Å². The number of fused-ring (bicyclic) bond motifs is 1. The minimum atomic E-state index is -0.295. The van der Waals surface area contributed by atoms with Crippen LogP contribution in [0.3, 0.4) is 0 Å². The number of rotatable bonds is 7. The highest BCUT2D eigenvalue weighted by Gasteiger charge is 2.26. The first-order valence-electron chi connectivity index (χ1n) is 9.27. The van der Waals surface area contributed by atoms with Gasteiger partial charge in [-0.25, -0.2) is 4.79 Å². The average molecular weight is 381 g/mol. The van der Waals surface area contributed by atoms with Crippen molar-refractivity contribution in [1.82, 2.24) is 10.3 Å². The molecule has 3 N–H and O–H groups in total. The average Bonchev–Trinajstić information content (AvgIpc) is 2.70. The second-order valence-electron chi connectivity index (χ2n) is 6.48. The van der Waals surface area contributed by atoms with Gasteiger partial charge < -0.3 is 16.0 Å². The molecule has 2 heterocycles. The summed E-state index contributed by atoms with van der Waals surface area (Å²) >= 11 is 0. The van der Waals surface area contributed by atoms with E-state index in [2.05, 4.69) is 20.9 Å². The zero-order chi connectivity index (χ0) is 19.8. The zero-order valence-corrected chi connectivity index (χ0v) is 15.5. The van der Waals surface area contributed by atoms with Crippen molar-refractivity contribution in [2.24, 2.45) is 0 Å². The molecule has 1 aliphatic heterocycles. The smallest absolute Gasteiger partial charge is 0.322 e. The molecule has 1 aliphatic rings. The lowest BCUT2D eigenvalue weighted by molar-refractivity contribution is -0.116. The normalized spacial score (nSPS) is 12.7. The second kappa shape index (κ2) is 9.50. The zero-order valence-electron chi connectivity index (χ0n) is 15.5. The summed E-state index contributed by atoms with van der Waals surface area (Å²) in [5.74, 6) is -0.263. The fourth-order valence-corrected chi connectivity index (χ4v) is 2.95. The van der Waals surface area contributed by atoms with Gasteiger partial charge in [0.05, 0.1) is 23.3 Å². The Bertz CT molecular complexity index is 841. The van der Waals surface area contributed by atoms with E-state index in [4.69, 9.17) is 0 Å². The van der Waals surface area contributed by atoms with Crippen molar-refractivity contribution in [2.45, 2.75) is 25.7 Å². The summed E-state index contributed by atoms with van der Waals surface area (Å²) in [6.07, 6.45) is 5.98. The fraction of sp³-hybridized carbons (Fsp3) is 0.300. The Balaban J connectivity index is 1.35. The first-order valence-corrected chi connectivity index (χ1v) is 9.27. The van der Waals surface area contributed by atoms with E-state index < -0.39 is 0 Å². The molecule has 146 valence electrons. The third-order valence-corrected chi connectivity index (χ3v) is 4.32. The van der Waals surface area contributed by atoms with Gasteiger partial charge in [-0.15, -0.1) is 0 Å². The molecule has 0 fully saturated rings. The molecule has 0 unspecified atom stereocenters. The number of para-hydroxylation sites is 2. The van der Waals surface area contributed by atoms with E-state index in [-0.39, 0.29) is 24.4 Å². The van der Waals surface area contributed by atoms with Crippen LogP contribution in [0.2, 0.25) is 0 Å². The maximum atomic E-state index is 12.4. The van der Waals surface area contributed by atoms with Crippen LogP contribution < -0.4 is 20.9 Å². The Labute approximate surface area is 163 Å². The van der Waals surface area contributed by atoms with Gasteiger partial charge in [0, 0.05) is 19.2 Å². The maximum Gasteiger partial charge on any atom is 0.322 e. The second-order valence-corrected chi connectivity index (χ2v) is 6.48. The predicted molar refractivity (Wildman–Crippen MR) is 107 cm³/mol. The molecule has 0 radical (unpaired) electrons. The van der Waals surface area contributed by atoms with Gasteiger partial charge in [0.25, 0.3) is 0 Å². The Hall–Kier alpha value is -3.42. The molecule has 0 aliphatic carbocycles. The van der Waals surface area contributed by atoms with E-state index in [9.17, 15) is 14.4 Å². The minimum Gasteiger partial charge on any atom is -0.338 e. The SMILES string of the molecule is O=C(CCCCCNC(=O)N1CC(=O)Nc2ccccc21)Nc1cccnc1. The molecule has 0 atom stereocenters. The Morgan fingerprint density at radius 2 is 1.96 bits per heavy atom. The molecule has 0 spiro atoms. The molecule has 2 aromatic rings. The molecule has 0 saturated carbocycles. The lowest BCUT2D eigenvalue weighted by Gasteiger charge is -2.29. The lowest BCUT2D eigenvalue weighted by Crippen LogP contribution is -2.47. The number of amides is 4. The van der Waals surface area contributed by atoms with Crippen LogP contribution in [0.4, 0.5) is 21.9 Å². The number of nitrogens with one attached hydrogen (secondary N) is 3. The largest absolute Gasteiger partial charge is 0.338 e. The summed E-state index contributed by atoms with van der Waals surface area (Å²) in [7, 11) is 0. The molecule has 8 nitrogen and oxygen atoms in total. The van der Waals surface area contributed by atoms with Crippen LogP contribution in [0.15, 0.2) is 48.8 Å². The van der Waals surface area contributed by atoms with Crippen molar-refractivity contribution in [3.8, 4) is 0 Å². The first-order chi connectivity index (χ1) is 13.6. The van der Waals surface area contributed by atoms with Crippen LogP contribution >= 0.6 is 0 Å². The topological polar surface area (TPSA) is 103 Å². The number of unbranched alkanes of at least 4 members (excludes halogenated alkanes) is 2. The Morgan fingerprint density at radius 1 is 1.11 bits per heavy atom. The van der Waals surface area contributed by atoms with Crippen molar-refractivity contribution < 1.29 is 14.4 Å². The molecule has 1 aromatic heterocycles. The number of nitrogens with zero attached hydrogens (tertiary/aromatic N) is 2. The van der Waals surface area contributed by atoms with Gasteiger partial charge in [0.2, 0.25) is 11.8 Å². The summed E-state index contributed by atoms with van der Waals surface area (Å²) in [6, 6.07) is 10.5. The van der Waals surface area contributed by atoms with Crippen LogP contribution in [0.25, 0.3) is 0 Å². The number of anilines is 3. The molecule has 4 amide bonds. The number of aromatic nitrogens is 1. The Kier molecular flexibility index (Phi) is 6.56. The first kappa shape index (κ1) is 19.3. The number of carbonyl (C=O) groups is 3. The van der Waals surface area contributed by atoms with Gasteiger partial charge in [0.1, 0.15) is 6.54 Å². The molecular formula is C20H23N5O3. The van der Waals surface area contributed by atoms with Crippen LogP contribution in [-0.2, 0) is 9.59 Å². The van der Waals surface area contributed by atoms with Crippen molar-refractivity contribution >= 4 is 34.9 Å². The summed E-state index contributed by atoms with van der Waals surface area (Å²) in [5.41, 5.74) is 2.01. The van der Waals surface area contributed by atoms with Gasteiger partial charge >= 0.3 is 6.03 Å². The lowest BCUT2D eigenvalue weighted by atomic mass is 10.2. The Morgan fingerprint density at radius 3 is 2.79 bits per heavy atom. The van der Waals surface area contributed by atoms with Gasteiger partial charge in [-0.2, -0.15) is 0 Å². The minimum absolute atomic E-state index is 0.00262. The van der Waals surface area contributed by atoms with Crippen molar-refractivity contribution in [3.05, 3.63) is 48.8 Å². The van der Waals surface area contributed by atoms with E-state index in [1.807, 2.05) is 12.1 Å². The van der Waals surface area contributed by atoms with Crippen LogP contribution in [-0.4, -0.2) is 35.9 Å². The quantitative estimate of drug-likeness (QED) is 0.642. The number of carbonyl (C=O) groups excluding carboxylic acids is 3. The van der Waals surface area contributed by atoms with Crippen LogP contribution in [0.1, 0.15) is 25.7 Å². The highest BCUT2D eigenvalue weighted by atomic mass is 16.2. The highest BCUT2D eigenvalue weighted by Crippen LogP contribution is 2.28. The number of pyridine rings is 1. The van der Waals surface area contributed by atoms with Gasteiger partial charge in [0.15, 0.2) is 0 Å². The highest BCUT2D eigenvalue weighted by molar-refractivity contribution is 6.09. The summed E-state index contributed by atoms with van der Waals surface area (Å²) < 4.78 is 0. The van der Waals surface area contributed by atoms with E-state index >= 15 is 0 Å². The maximum absolute atomic E-state index is 12.4. The monoisotopic (exact) mass is 381 g/mol. The summed E-state index contributed by atoms with van der Waals surface area (Å²) in [6.45, 7) is 0.487. The van der Waals surface area contributed by atoms with Gasteiger partial charge in [-0.05, 0) is 37.1 Å².